The van der Waals surface area contributed by atoms with Crippen LogP contribution >= 0.6 is 35.6 Å². The van der Waals surface area contributed by atoms with Gasteiger partial charge in [0.2, 0.25) is 0 Å². The maximum atomic E-state index is 6.08. The molecule has 0 amide bonds. The van der Waals surface area contributed by atoms with E-state index in [9.17, 15) is 0 Å². The van der Waals surface area contributed by atoms with Gasteiger partial charge in [0, 0.05) is 37.1 Å². The van der Waals surface area contributed by atoms with Crippen molar-refractivity contribution in [1.29, 1.82) is 0 Å². The quantitative estimate of drug-likeness (QED) is 0.247. The predicted octanol–water partition coefficient (Wildman–Crippen LogP) is 4.56. The summed E-state index contributed by atoms with van der Waals surface area (Å²) in [6, 6.07) is 8.05. The molecule has 0 radical (unpaired) electrons. The molecule has 2 rings (SSSR count). The number of rotatable bonds is 8. The van der Waals surface area contributed by atoms with Crippen molar-refractivity contribution >= 4 is 41.5 Å². The third kappa shape index (κ3) is 7.53. The summed E-state index contributed by atoms with van der Waals surface area (Å²) >= 11 is 6.08. The summed E-state index contributed by atoms with van der Waals surface area (Å²) in [4.78, 5) is 8.92. The monoisotopic (exact) mass is 489 g/mol. The van der Waals surface area contributed by atoms with E-state index in [1.807, 2.05) is 37.5 Å². The minimum Gasteiger partial charge on any atom is -0.357 e. The van der Waals surface area contributed by atoms with Gasteiger partial charge in [-0.1, -0.05) is 23.7 Å². The number of aryl methyl sites for hydroxylation is 2. The molecule has 0 bridgehead atoms. The van der Waals surface area contributed by atoms with Crippen molar-refractivity contribution in [2.75, 3.05) is 13.1 Å². The van der Waals surface area contributed by atoms with Crippen molar-refractivity contribution in [3.63, 3.8) is 0 Å². The summed E-state index contributed by atoms with van der Waals surface area (Å²) in [5.74, 6) is 1.91. The molecule has 2 aromatic rings. The molecule has 1 unspecified atom stereocenters. The van der Waals surface area contributed by atoms with Crippen LogP contribution in [0.25, 0.3) is 0 Å². The standard InChI is InChI=1S/C19H28ClN5.HI/c1-4-21-19(24-15(2)17-8-7-9-18(20)14-17)23-10-5-6-12-25-13-11-22-16(25)3;/h7-9,11,13-15H,4-6,10,12H2,1-3H3,(H2,21,23,24);1H. The molecule has 1 aromatic heterocycles. The lowest BCUT2D eigenvalue weighted by Gasteiger charge is -2.18. The fourth-order valence-electron chi connectivity index (χ4n) is 2.61. The van der Waals surface area contributed by atoms with Crippen molar-refractivity contribution in [2.24, 2.45) is 4.99 Å². The normalized spacial score (nSPS) is 12.4. The van der Waals surface area contributed by atoms with Crippen LogP contribution in [-0.4, -0.2) is 28.6 Å². The van der Waals surface area contributed by atoms with Crippen molar-refractivity contribution in [3.05, 3.63) is 53.1 Å². The van der Waals surface area contributed by atoms with Gasteiger partial charge >= 0.3 is 0 Å². The Hall–Kier alpha value is -1.28. The van der Waals surface area contributed by atoms with E-state index in [1.54, 1.807) is 0 Å². The van der Waals surface area contributed by atoms with Crippen LogP contribution in [0.2, 0.25) is 5.02 Å². The lowest BCUT2D eigenvalue weighted by atomic mass is 10.1. The highest BCUT2D eigenvalue weighted by molar-refractivity contribution is 14.0. The van der Waals surface area contributed by atoms with E-state index < -0.39 is 0 Å². The highest BCUT2D eigenvalue weighted by Crippen LogP contribution is 2.17. The molecule has 0 saturated heterocycles. The van der Waals surface area contributed by atoms with E-state index in [4.69, 9.17) is 11.6 Å². The van der Waals surface area contributed by atoms with Gasteiger partial charge in [0.1, 0.15) is 5.82 Å². The van der Waals surface area contributed by atoms with Gasteiger partial charge in [-0.2, -0.15) is 0 Å². The van der Waals surface area contributed by atoms with Crippen LogP contribution in [0.4, 0.5) is 0 Å². The first-order chi connectivity index (χ1) is 12.1. The molecule has 0 aliphatic rings. The van der Waals surface area contributed by atoms with Crippen LogP contribution in [0.15, 0.2) is 41.7 Å². The largest absolute Gasteiger partial charge is 0.357 e. The molecule has 2 N–H and O–H groups in total. The summed E-state index contributed by atoms with van der Waals surface area (Å²) in [7, 11) is 0. The first kappa shape index (κ1) is 22.8. The molecule has 1 aromatic carbocycles. The number of nitrogens with zero attached hydrogens (tertiary/aromatic N) is 3. The Morgan fingerprint density at radius 1 is 1.35 bits per heavy atom. The Morgan fingerprint density at radius 3 is 2.81 bits per heavy atom. The van der Waals surface area contributed by atoms with E-state index in [-0.39, 0.29) is 30.0 Å². The van der Waals surface area contributed by atoms with Gasteiger partial charge in [-0.05, 0) is 51.3 Å². The predicted molar refractivity (Wildman–Crippen MR) is 121 cm³/mol. The summed E-state index contributed by atoms with van der Waals surface area (Å²) in [6.45, 7) is 8.84. The Bertz CT molecular complexity index is 686. The molecule has 144 valence electrons. The second-order valence-corrected chi connectivity index (χ2v) is 6.49. The van der Waals surface area contributed by atoms with Crippen molar-refractivity contribution in [2.45, 2.75) is 46.2 Å². The maximum absolute atomic E-state index is 6.08. The zero-order valence-electron chi connectivity index (χ0n) is 15.7. The van der Waals surface area contributed by atoms with Crippen LogP contribution in [-0.2, 0) is 6.54 Å². The zero-order valence-corrected chi connectivity index (χ0v) is 18.8. The van der Waals surface area contributed by atoms with Crippen molar-refractivity contribution in [3.8, 4) is 0 Å². The van der Waals surface area contributed by atoms with Crippen LogP contribution in [0, 0.1) is 6.92 Å². The Morgan fingerprint density at radius 2 is 2.15 bits per heavy atom. The number of unbranched alkanes of at least 4 members (excludes halogenated alkanes) is 1. The van der Waals surface area contributed by atoms with E-state index in [1.165, 1.54) is 0 Å². The maximum Gasteiger partial charge on any atom is 0.191 e. The molecular formula is C19H29ClIN5. The van der Waals surface area contributed by atoms with Crippen LogP contribution in [0.5, 0.6) is 0 Å². The summed E-state index contributed by atoms with van der Waals surface area (Å²) in [5, 5.41) is 7.49. The average molecular weight is 490 g/mol. The van der Waals surface area contributed by atoms with Crippen LogP contribution in [0.1, 0.15) is 44.1 Å². The number of benzene rings is 1. The van der Waals surface area contributed by atoms with E-state index in [2.05, 4.69) is 45.1 Å². The Kier molecular flexibility index (Phi) is 10.7. The number of hydrogen-bond acceptors (Lipinski definition) is 2. The van der Waals surface area contributed by atoms with E-state index in [0.717, 1.165) is 54.8 Å². The van der Waals surface area contributed by atoms with Crippen LogP contribution in [0.3, 0.4) is 0 Å². The number of nitrogens with one attached hydrogen (secondary N) is 2. The van der Waals surface area contributed by atoms with Crippen LogP contribution < -0.4 is 10.6 Å². The number of hydrogen-bond donors (Lipinski definition) is 2. The van der Waals surface area contributed by atoms with Crippen molar-refractivity contribution in [1.82, 2.24) is 20.2 Å². The van der Waals surface area contributed by atoms with Gasteiger partial charge in [0.25, 0.3) is 0 Å². The van der Waals surface area contributed by atoms with E-state index >= 15 is 0 Å². The molecule has 0 aliphatic heterocycles. The highest BCUT2D eigenvalue weighted by atomic mass is 127. The number of guanidine groups is 1. The first-order valence-electron chi connectivity index (χ1n) is 8.88. The van der Waals surface area contributed by atoms with Gasteiger partial charge in [-0.25, -0.2) is 4.98 Å². The second-order valence-electron chi connectivity index (χ2n) is 6.06. The Balaban J connectivity index is 0.00000338. The molecule has 0 aliphatic carbocycles. The summed E-state index contributed by atoms with van der Waals surface area (Å²) in [5.41, 5.74) is 1.15. The number of imidazole rings is 1. The fraction of sp³-hybridized carbons (Fsp3) is 0.474. The highest BCUT2D eigenvalue weighted by Gasteiger charge is 2.08. The lowest BCUT2D eigenvalue weighted by molar-refractivity contribution is 0.599. The smallest absolute Gasteiger partial charge is 0.191 e. The van der Waals surface area contributed by atoms with E-state index in [0.29, 0.717) is 0 Å². The lowest BCUT2D eigenvalue weighted by Crippen LogP contribution is -2.38. The molecule has 5 nitrogen and oxygen atoms in total. The number of aliphatic imine (C=N–C) groups is 1. The SMILES string of the molecule is CCNC(=NCCCCn1ccnc1C)NC(C)c1cccc(Cl)c1.I. The first-order valence-corrected chi connectivity index (χ1v) is 9.26. The Labute approximate surface area is 178 Å². The average Bonchev–Trinajstić information content (AvgIpc) is 2.99. The van der Waals surface area contributed by atoms with Gasteiger partial charge in [-0.3, -0.25) is 4.99 Å². The molecular weight excluding hydrogens is 461 g/mol. The molecule has 7 heteroatoms. The fourth-order valence-corrected chi connectivity index (χ4v) is 2.81. The zero-order chi connectivity index (χ0) is 18.1. The van der Waals surface area contributed by atoms with Gasteiger partial charge in [-0.15, -0.1) is 24.0 Å². The van der Waals surface area contributed by atoms with Gasteiger partial charge in [0.15, 0.2) is 5.96 Å². The van der Waals surface area contributed by atoms with Crippen molar-refractivity contribution < 1.29 is 0 Å². The third-order valence-electron chi connectivity index (χ3n) is 4.05. The number of aromatic nitrogens is 2. The topological polar surface area (TPSA) is 54.2 Å². The summed E-state index contributed by atoms with van der Waals surface area (Å²) in [6.07, 6.45) is 6.00. The third-order valence-corrected chi connectivity index (χ3v) is 4.28. The molecule has 1 heterocycles. The van der Waals surface area contributed by atoms with Gasteiger partial charge in [0.05, 0.1) is 6.04 Å². The molecule has 1 atom stereocenters. The molecule has 0 saturated carbocycles. The summed E-state index contributed by atoms with van der Waals surface area (Å²) < 4.78 is 2.17. The minimum absolute atomic E-state index is 0. The van der Waals surface area contributed by atoms with Gasteiger partial charge < -0.3 is 15.2 Å². The molecule has 0 spiro atoms. The number of halogens is 2. The molecule has 0 fully saturated rings. The minimum atomic E-state index is 0. The second kappa shape index (κ2) is 12.2. The molecule has 26 heavy (non-hydrogen) atoms.